The molecular weight excluding hydrogens is 312 g/mol. The number of alkyl halides is 1. The predicted octanol–water partition coefficient (Wildman–Crippen LogP) is 4.99. The van der Waals surface area contributed by atoms with E-state index in [9.17, 15) is 0 Å². The molecule has 72 valence electrons. The van der Waals surface area contributed by atoms with Gasteiger partial charge in [-0.1, -0.05) is 22.9 Å². The smallest absolute Gasteiger partial charge is 0.0701 e. The second kappa shape index (κ2) is 4.03. The Hall–Kier alpha value is 0.660. The maximum atomic E-state index is 3.79. The van der Waals surface area contributed by atoms with Gasteiger partial charge in [-0.3, -0.25) is 0 Å². The molecule has 2 rings (SSSR count). The Morgan fingerprint density at radius 2 is 2.15 bits per heavy atom. The highest BCUT2D eigenvalue weighted by Crippen LogP contribution is 2.47. The molecule has 13 heavy (non-hydrogen) atoms. The summed E-state index contributed by atoms with van der Waals surface area (Å²) < 4.78 is 1.23. The molecule has 1 fully saturated rings. The molecule has 0 saturated heterocycles. The van der Waals surface area contributed by atoms with Gasteiger partial charge >= 0.3 is 0 Å². The zero-order chi connectivity index (χ0) is 9.42. The summed E-state index contributed by atoms with van der Waals surface area (Å²) in [6.07, 6.45) is 2.85. The van der Waals surface area contributed by atoms with Crippen molar-refractivity contribution in [2.75, 3.05) is 0 Å². The first kappa shape index (κ1) is 10.2. The van der Waals surface area contributed by atoms with Gasteiger partial charge in [0.15, 0.2) is 0 Å². The Labute approximate surface area is 100.0 Å². The van der Waals surface area contributed by atoms with Crippen LogP contribution >= 0.6 is 43.2 Å². The van der Waals surface area contributed by atoms with E-state index >= 15 is 0 Å². The molecule has 2 atom stereocenters. The zero-order valence-electron chi connectivity index (χ0n) is 7.47. The molecule has 0 aliphatic heterocycles. The van der Waals surface area contributed by atoms with Gasteiger partial charge < -0.3 is 0 Å². The second-order valence-electron chi connectivity index (χ2n) is 3.74. The van der Waals surface area contributed by atoms with Gasteiger partial charge in [-0.25, -0.2) is 0 Å². The third-order valence-corrected chi connectivity index (χ3v) is 6.03. The fraction of sp³-hybridized carbons (Fsp3) is 0.600. The maximum absolute atomic E-state index is 3.79. The van der Waals surface area contributed by atoms with Gasteiger partial charge in [0, 0.05) is 4.88 Å². The SMILES string of the molecule is CC(C1CC1)C(Br)c1ccc(Br)s1. The minimum atomic E-state index is 0.552. The normalized spacial score (nSPS) is 21.5. The third-order valence-electron chi connectivity index (χ3n) is 2.69. The number of halogens is 2. The Balaban J connectivity index is 2.06. The van der Waals surface area contributed by atoms with Gasteiger partial charge in [0.05, 0.1) is 8.61 Å². The van der Waals surface area contributed by atoms with E-state index in [-0.39, 0.29) is 0 Å². The molecule has 0 radical (unpaired) electrons. The van der Waals surface area contributed by atoms with E-state index in [0.29, 0.717) is 4.83 Å². The summed E-state index contributed by atoms with van der Waals surface area (Å²) in [5.74, 6) is 1.75. The second-order valence-corrected chi connectivity index (χ2v) is 7.22. The van der Waals surface area contributed by atoms with E-state index < -0.39 is 0 Å². The summed E-state index contributed by atoms with van der Waals surface area (Å²) >= 11 is 9.13. The topological polar surface area (TPSA) is 0 Å². The van der Waals surface area contributed by atoms with E-state index in [1.165, 1.54) is 21.5 Å². The third kappa shape index (κ3) is 2.37. The maximum Gasteiger partial charge on any atom is 0.0701 e. The van der Waals surface area contributed by atoms with Crippen molar-refractivity contribution in [1.29, 1.82) is 0 Å². The Morgan fingerprint density at radius 1 is 1.46 bits per heavy atom. The van der Waals surface area contributed by atoms with Gasteiger partial charge in [-0.05, 0) is 52.7 Å². The summed E-state index contributed by atoms with van der Waals surface area (Å²) in [6.45, 7) is 2.35. The molecule has 1 aromatic heterocycles. The first-order valence-electron chi connectivity index (χ1n) is 4.58. The number of hydrogen-bond donors (Lipinski definition) is 0. The molecular formula is C10H12Br2S. The van der Waals surface area contributed by atoms with Crippen LogP contribution in [0.1, 0.15) is 29.5 Å². The Bertz CT molecular complexity index is 291. The molecule has 1 aliphatic carbocycles. The van der Waals surface area contributed by atoms with Gasteiger partial charge in [0.1, 0.15) is 0 Å². The van der Waals surface area contributed by atoms with Crippen LogP contribution < -0.4 is 0 Å². The first-order valence-corrected chi connectivity index (χ1v) is 7.10. The fourth-order valence-electron chi connectivity index (χ4n) is 1.60. The Morgan fingerprint density at radius 3 is 2.62 bits per heavy atom. The fourth-order valence-corrected chi connectivity index (χ4v) is 3.98. The van der Waals surface area contributed by atoms with Crippen molar-refractivity contribution in [3.8, 4) is 0 Å². The van der Waals surface area contributed by atoms with Crippen LogP contribution in [0.2, 0.25) is 0 Å². The van der Waals surface area contributed by atoms with Crippen LogP contribution in [-0.2, 0) is 0 Å². The highest BCUT2D eigenvalue weighted by atomic mass is 79.9. The Kier molecular flexibility index (Phi) is 3.16. The zero-order valence-corrected chi connectivity index (χ0v) is 11.5. The van der Waals surface area contributed by atoms with Crippen molar-refractivity contribution in [1.82, 2.24) is 0 Å². The van der Waals surface area contributed by atoms with Crippen molar-refractivity contribution >= 4 is 43.2 Å². The lowest BCUT2D eigenvalue weighted by Crippen LogP contribution is -2.03. The molecule has 1 aromatic rings. The lowest BCUT2D eigenvalue weighted by atomic mass is 10.0. The van der Waals surface area contributed by atoms with E-state index in [0.717, 1.165) is 11.8 Å². The summed E-state index contributed by atoms with van der Waals surface area (Å²) in [5, 5.41) is 0. The van der Waals surface area contributed by atoms with Crippen LogP contribution in [0.15, 0.2) is 15.9 Å². The van der Waals surface area contributed by atoms with Gasteiger partial charge in [0.25, 0.3) is 0 Å². The number of rotatable bonds is 3. The van der Waals surface area contributed by atoms with Crippen molar-refractivity contribution in [2.24, 2.45) is 11.8 Å². The molecule has 1 aliphatic rings. The predicted molar refractivity (Wildman–Crippen MR) is 65.6 cm³/mol. The van der Waals surface area contributed by atoms with Crippen LogP contribution in [0.5, 0.6) is 0 Å². The van der Waals surface area contributed by atoms with Crippen molar-refractivity contribution in [3.05, 3.63) is 20.8 Å². The van der Waals surface area contributed by atoms with Gasteiger partial charge in [0.2, 0.25) is 0 Å². The van der Waals surface area contributed by atoms with Crippen LogP contribution in [0.25, 0.3) is 0 Å². The average Bonchev–Trinajstić information content (AvgIpc) is 2.87. The monoisotopic (exact) mass is 322 g/mol. The lowest BCUT2D eigenvalue weighted by molar-refractivity contribution is 0.507. The molecule has 0 spiro atoms. The number of thiophene rings is 1. The molecule has 0 amide bonds. The van der Waals surface area contributed by atoms with Crippen LogP contribution in [0.3, 0.4) is 0 Å². The molecule has 0 bridgehead atoms. The standard InChI is InChI=1S/C10H12Br2S/c1-6(7-2-3-7)10(12)8-4-5-9(11)13-8/h4-7,10H,2-3H2,1H3. The van der Waals surface area contributed by atoms with E-state index in [4.69, 9.17) is 0 Å². The summed E-state index contributed by atoms with van der Waals surface area (Å²) in [7, 11) is 0. The molecule has 1 heterocycles. The quantitative estimate of drug-likeness (QED) is 0.687. The molecule has 2 unspecified atom stereocenters. The molecule has 1 saturated carbocycles. The van der Waals surface area contributed by atoms with Crippen LogP contribution in [0.4, 0.5) is 0 Å². The molecule has 0 aromatic carbocycles. The van der Waals surface area contributed by atoms with Gasteiger partial charge in [-0.15, -0.1) is 11.3 Å². The molecule has 0 N–H and O–H groups in total. The van der Waals surface area contributed by atoms with Crippen molar-refractivity contribution in [3.63, 3.8) is 0 Å². The lowest BCUT2D eigenvalue weighted by Gasteiger charge is -2.15. The highest BCUT2D eigenvalue weighted by molar-refractivity contribution is 9.11. The van der Waals surface area contributed by atoms with Gasteiger partial charge in [-0.2, -0.15) is 0 Å². The van der Waals surface area contributed by atoms with Crippen LogP contribution in [-0.4, -0.2) is 0 Å². The van der Waals surface area contributed by atoms with Crippen LogP contribution in [0, 0.1) is 11.8 Å². The first-order chi connectivity index (χ1) is 6.18. The van der Waals surface area contributed by atoms with Crippen molar-refractivity contribution < 1.29 is 0 Å². The largest absolute Gasteiger partial charge is 0.132 e. The minimum Gasteiger partial charge on any atom is -0.132 e. The molecule has 0 nitrogen and oxygen atoms in total. The summed E-state index contributed by atoms with van der Waals surface area (Å²) in [4.78, 5) is 2.00. The summed E-state index contributed by atoms with van der Waals surface area (Å²) in [5.41, 5.74) is 0. The number of hydrogen-bond acceptors (Lipinski definition) is 1. The molecule has 3 heteroatoms. The summed E-state index contributed by atoms with van der Waals surface area (Å²) in [6, 6.07) is 4.35. The van der Waals surface area contributed by atoms with E-state index in [1.54, 1.807) is 0 Å². The van der Waals surface area contributed by atoms with E-state index in [1.807, 2.05) is 11.3 Å². The highest BCUT2D eigenvalue weighted by Gasteiger charge is 2.33. The minimum absolute atomic E-state index is 0.552. The van der Waals surface area contributed by atoms with Crippen molar-refractivity contribution in [2.45, 2.75) is 24.6 Å². The average molecular weight is 324 g/mol. The van der Waals surface area contributed by atoms with E-state index in [2.05, 4.69) is 50.9 Å².